The zero-order chi connectivity index (χ0) is 43.8. The van der Waals surface area contributed by atoms with Crippen LogP contribution in [0.4, 0.5) is 5.69 Å². The van der Waals surface area contributed by atoms with Gasteiger partial charge in [0.15, 0.2) is 0 Å². The lowest BCUT2D eigenvalue weighted by Gasteiger charge is -2.46. The second kappa shape index (κ2) is 17.1. The van der Waals surface area contributed by atoms with E-state index >= 15 is 14.4 Å². The third-order valence-corrected chi connectivity index (χ3v) is 13.4. The van der Waals surface area contributed by atoms with Crippen molar-refractivity contribution in [2.24, 2.45) is 5.92 Å². The summed E-state index contributed by atoms with van der Waals surface area (Å²) in [5, 5.41) is 27.4. The third-order valence-electron chi connectivity index (χ3n) is 13.4. The molecule has 4 aliphatic rings. The van der Waals surface area contributed by atoms with Crippen LogP contribution in [0.2, 0.25) is 0 Å². The number of rotatable bonds is 9. The number of para-hydroxylation sites is 2. The monoisotopic (exact) mass is 855 g/mol. The number of hydrogen-bond acceptors (Lipinski definition) is 9. The van der Waals surface area contributed by atoms with Crippen LogP contribution in [0, 0.1) is 17.8 Å². The first kappa shape index (κ1) is 41.2. The maximum atomic E-state index is 15.6. The smallest absolute Gasteiger partial charge is 0.324 e. The van der Waals surface area contributed by atoms with E-state index in [1.165, 1.54) is 0 Å². The molecule has 6 atom stereocenters. The predicted molar refractivity (Wildman–Crippen MR) is 240 cm³/mol. The molecule has 6 aromatic rings. The molecule has 5 N–H and O–H groups in total. The average Bonchev–Trinajstić information content (AvgIpc) is 3.92. The Bertz CT molecular complexity index is 2720. The van der Waals surface area contributed by atoms with Crippen molar-refractivity contribution in [3.05, 3.63) is 161 Å². The highest BCUT2D eigenvalue weighted by Crippen LogP contribution is 2.65. The summed E-state index contributed by atoms with van der Waals surface area (Å²) in [6.07, 6.45) is 4.18. The molecule has 1 aliphatic carbocycles. The zero-order valence-corrected chi connectivity index (χ0v) is 35.2. The van der Waals surface area contributed by atoms with Gasteiger partial charge < -0.3 is 35.3 Å². The molecule has 1 aromatic heterocycles. The van der Waals surface area contributed by atoms with Crippen LogP contribution in [0.15, 0.2) is 127 Å². The largest absolute Gasteiger partial charge is 0.491 e. The molecule has 10 rings (SSSR count). The van der Waals surface area contributed by atoms with Gasteiger partial charge >= 0.3 is 5.97 Å². The number of amides is 2. The Morgan fingerprint density at radius 1 is 0.844 bits per heavy atom. The van der Waals surface area contributed by atoms with E-state index < -0.39 is 58.9 Å². The number of imidazole rings is 1. The molecule has 1 spiro atoms. The minimum atomic E-state index is -1.74. The van der Waals surface area contributed by atoms with Gasteiger partial charge in [0.05, 0.1) is 42.2 Å². The quantitative estimate of drug-likeness (QED) is 0.0588. The lowest BCUT2D eigenvalue weighted by Crippen LogP contribution is -2.54. The fraction of sp³-hybridized carbons (Fsp3) is 0.308. The Labute approximate surface area is 371 Å². The first-order chi connectivity index (χ1) is 31.3. The summed E-state index contributed by atoms with van der Waals surface area (Å²) >= 11 is 0. The molecule has 0 radical (unpaired) electrons. The second-order valence-electron chi connectivity index (χ2n) is 17.2. The van der Waals surface area contributed by atoms with Gasteiger partial charge in [-0.05, 0) is 90.4 Å². The van der Waals surface area contributed by atoms with Crippen molar-refractivity contribution in [1.29, 1.82) is 0 Å². The van der Waals surface area contributed by atoms with Crippen LogP contribution < -0.4 is 15.4 Å². The van der Waals surface area contributed by atoms with Gasteiger partial charge in [-0.2, -0.15) is 0 Å². The highest BCUT2D eigenvalue weighted by Gasteiger charge is 2.74. The number of aromatic amines is 1. The molecular formula is C52H49N5O7. The highest BCUT2D eigenvalue weighted by molar-refractivity contribution is 6.12. The number of anilines is 1. The first-order valence-electron chi connectivity index (χ1n) is 22.1. The van der Waals surface area contributed by atoms with Crippen LogP contribution >= 0.6 is 0 Å². The zero-order valence-electron chi connectivity index (χ0n) is 35.2. The van der Waals surface area contributed by atoms with E-state index in [2.05, 4.69) is 27.5 Å². The number of esters is 1. The first-order valence-corrected chi connectivity index (χ1v) is 22.1. The van der Waals surface area contributed by atoms with E-state index in [9.17, 15) is 10.2 Å². The topological polar surface area (TPSA) is 166 Å². The van der Waals surface area contributed by atoms with Crippen molar-refractivity contribution in [1.82, 2.24) is 20.2 Å². The van der Waals surface area contributed by atoms with Crippen LogP contribution in [0.5, 0.6) is 5.75 Å². The molecule has 1 saturated carbocycles. The predicted octanol–water partition coefficient (Wildman–Crippen LogP) is 6.96. The van der Waals surface area contributed by atoms with Crippen LogP contribution in [0.3, 0.4) is 0 Å². The van der Waals surface area contributed by atoms with Crippen molar-refractivity contribution in [2.75, 3.05) is 18.5 Å². The maximum absolute atomic E-state index is 15.6. The molecule has 12 heteroatoms. The van der Waals surface area contributed by atoms with Crippen LogP contribution in [-0.4, -0.2) is 67.7 Å². The minimum absolute atomic E-state index is 0.00323. The molecule has 0 bridgehead atoms. The van der Waals surface area contributed by atoms with Crippen LogP contribution in [-0.2, 0) is 31.1 Å². The number of nitrogens with one attached hydrogen (secondary N) is 3. The molecular weight excluding hydrogens is 807 g/mol. The fourth-order valence-electron chi connectivity index (χ4n) is 10.6. The normalized spacial score (nSPS) is 24.8. The van der Waals surface area contributed by atoms with Crippen molar-refractivity contribution in [3.8, 4) is 17.6 Å². The van der Waals surface area contributed by atoms with Gasteiger partial charge in [-0.3, -0.25) is 19.3 Å². The lowest BCUT2D eigenvalue weighted by molar-refractivity contribution is -0.178. The van der Waals surface area contributed by atoms with Crippen LogP contribution in [0.1, 0.15) is 90.4 Å². The minimum Gasteiger partial charge on any atom is -0.491 e. The highest BCUT2D eigenvalue weighted by atomic mass is 16.6. The van der Waals surface area contributed by atoms with Gasteiger partial charge in [-0.25, -0.2) is 4.98 Å². The summed E-state index contributed by atoms with van der Waals surface area (Å²) in [4.78, 5) is 56.3. The number of aromatic nitrogens is 2. The summed E-state index contributed by atoms with van der Waals surface area (Å²) < 4.78 is 12.4. The SMILES string of the molecule is O=C1OC(c2ccccc2)C(c2ccccc2)N2C1C(C(=O)NCc1nc3ccccc3[nH]1)C1(C(=O)Nc3ccc(C#CC4(O)CCCCCC4)cc31)C2c1ccc(OCCO)cc1. The number of morpholine rings is 1. The number of hydrogen-bond donors (Lipinski definition) is 5. The van der Waals surface area contributed by atoms with Gasteiger partial charge in [-0.1, -0.05) is 110 Å². The Hall–Kier alpha value is -6.78. The summed E-state index contributed by atoms with van der Waals surface area (Å²) in [7, 11) is 0. The summed E-state index contributed by atoms with van der Waals surface area (Å²) in [5.74, 6) is 4.51. The number of benzene rings is 5. The average molecular weight is 856 g/mol. The van der Waals surface area contributed by atoms with E-state index in [4.69, 9.17) is 14.5 Å². The van der Waals surface area contributed by atoms with E-state index in [-0.39, 0.29) is 19.8 Å². The van der Waals surface area contributed by atoms with Crippen molar-refractivity contribution >= 4 is 34.5 Å². The number of cyclic esters (lactones) is 1. The molecule has 3 fully saturated rings. The van der Waals surface area contributed by atoms with Gasteiger partial charge in [0.25, 0.3) is 0 Å². The Morgan fingerprint density at radius 3 is 2.27 bits per heavy atom. The number of fused-ring (bicyclic) bond motifs is 4. The lowest BCUT2D eigenvalue weighted by atomic mass is 9.65. The molecule has 2 saturated heterocycles. The van der Waals surface area contributed by atoms with Gasteiger partial charge in [0.2, 0.25) is 11.8 Å². The summed E-state index contributed by atoms with van der Waals surface area (Å²) in [5.41, 5.74) is 2.48. The Morgan fingerprint density at radius 2 is 1.55 bits per heavy atom. The number of aliphatic hydroxyl groups is 2. The Kier molecular flexibility index (Phi) is 11.0. The number of H-pyrrole nitrogens is 1. The standard InChI is InChI=1S/C52H49N5O7/c58-29-30-63-37-22-20-36(21-23-37)47-52(38-31-33(19-24-39(38)56-50(52)61)25-28-51(62)26-11-1-2-12-27-51)43(48(59)53-32-42-54-40-17-9-10-18-41(40)55-42)45-49(60)64-46(35-15-7-4-8-16-35)44(57(45)47)34-13-5-3-6-14-34/h3-10,13-24,31,43-47,58,62H,1-2,11-12,26-27,29-30,32H2,(H,53,59)(H,54,55)(H,56,61). The molecule has 5 aromatic carbocycles. The van der Waals surface area contributed by atoms with Crippen molar-refractivity contribution in [3.63, 3.8) is 0 Å². The fourth-order valence-corrected chi connectivity index (χ4v) is 10.6. The number of nitrogens with zero attached hydrogens (tertiary/aromatic N) is 2. The maximum Gasteiger partial charge on any atom is 0.324 e. The van der Waals surface area contributed by atoms with Crippen LogP contribution in [0.25, 0.3) is 11.0 Å². The van der Waals surface area contributed by atoms with E-state index in [1.807, 2.05) is 114 Å². The second-order valence-corrected chi connectivity index (χ2v) is 17.2. The summed E-state index contributed by atoms with van der Waals surface area (Å²) in [6.45, 7) is -0.0877. The molecule has 12 nitrogen and oxygen atoms in total. The molecule has 64 heavy (non-hydrogen) atoms. The van der Waals surface area contributed by atoms with Crippen molar-refractivity contribution in [2.45, 2.75) is 80.3 Å². The number of ether oxygens (including phenoxy) is 2. The van der Waals surface area contributed by atoms with E-state index in [0.29, 0.717) is 46.8 Å². The number of carbonyl (C=O) groups excluding carboxylic acids is 3. The Balaban J connectivity index is 1.19. The van der Waals surface area contributed by atoms with E-state index in [1.54, 1.807) is 18.2 Å². The van der Waals surface area contributed by atoms with E-state index in [0.717, 1.165) is 47.8 Å². The van der Waals surface area contributed by atoms with Gasteiger partial charge in [0, 0.05) is 11.3 Å². The molecule has 4 heterocycles. The number of carbonyl (C=O) groups is 3. The van der Waals surface area contributed by atoms with Gasteiger partial charge in [-0.15, -0.1) is 0 Å². The number of aliphatic hydroxyl groups excluding tert-OH is 1. The molecule has 3 aliphatic heterocycles. The van der Waals surface area contributed by atoms with Gasteiger partial charge in [0.1, 0.15) is 41.3 Å². The molecule has 2 amide bonds. The third kappa shape index (κ3) is 7.29. The molecule has 324 valence electrons. The summed E-state index contributed by atoms with van der Waals surface area (Å²) in [6, 6.07) is 36.7. The molecule has 6 unspecified atom stereocenters. The van der Waals surface area contributed by atoms with Crippen molar-refractivity contribution < 1.29 is 34.1 Å².